The number of ether oxygens (including phenoxy) is 5. The average Bonchev–Trinajstić information content (AvgIpc) is 3.31. The molecule has 5 atom stereocenters. The van der Waals surface area contributed by atoms with Crippen molar-refractivity contribution in [1.82, 2.24) is 0 Å². The van der Waals surface area contributed by atoms with Crippen LogP contribution < -0.4 is 0 Å². The minimum atomic E-state index is -0.700. The van der Waals surface area contributed by atoms with Crippen LogP contribution in [0, 0.1) is 0 Å². The van der Waals surface area contributed by atoms with Crippen LogP contribution in [0.5, 0.6) is 0 Å². The predicted octanol–water partition coefficient (Wildman–Crippen LogP) is 2.97. The lowest BCUT2D eigenvalue weighted by molar-refractivity contribution is -0.207. The second-order valence-electron chi connectivity index (χ2n) is 8.27. The van der Waals surface area contributed by atoms with Crippen LogP contribution in [-0.2, 0) is 28.5 Å². The third-order valence-corrected chi connectivity index (χ3v) is 5.86. The zero-order valence-corrected chi connectivity index (χ0v) is 15.8. The highest BCUT2D eigenvalue weighted by atomic mass is 16.8. The van der Waals surface area contributed by atoms with E-state index in [-0.39, 0.29) is 12.1 Å². The number of esters is 1. The number of hydrogen-bond acceptors (Lipinski definition) is 7. The minimum Gasteiger partial charge on any atom is -0.462 e. The molecule has 0 N–H and O–H groups in total. The molecule has 9 heteroatoms. The Hall–Kier alpha value is -1.38. The first-order valence-corrected chi connectivity index (χ1v) is 9.82. The first-order valence-electron chi connectivity index (χ1n) is 9.82. The SMILES string of the molecule is CC1(C)OCC(C2OC3(CCCCC3)OC2C(N=[N+]=[N-])C2CCC(=O)O2)O1. The van der Waals surface area contributed by atoms with E-state index in [1.54, 1.807) is 0 Å². The smallest absolute Gasteiger partial charge is 0.306 e. The summed E-state index contributed by atoms with van der Waals surface area (Å²) in [6, 6.07) is -0.653. The highest BCUT2D eigenvalue weighted by molar-refractivity contribution is 5.71. The number of cyclic esters (lactones) is 1. The summed E-state index contributed by atoms with van der Waals surface area (Å²) in [7, 11) is 0. The summed E-state index contributed by atoms with van der Waals surface area (Å²) in [6.45, 7) is 4.09. The Labute approximate surface area is 158 Å². The Morgan fingerprint density at radius 1 is 1.19 bits per heavy atom. The molecule has 27 heavy (non-hydrogen) atoms. The van der Waals surface area contributed by atoms with Gasteiger partial charge in [0.15, 0.2) is 11.6 Å². The molecule has 4 fully saturated rings. The van der Waals surface area contributed by atoms with E-state index in [9.17, 15) is 4.79 Å². The molecule has 3 heterocycles. The summed E-state index contributed by atoms with van der Waals surface area (Å²) >= 11 is 0. The molecular weight excluding hydrogens is 354 g/mol. The van der Waals surface area contributed by atoms with Gasteiger partial charge in [-0.25, -0.2) is 0 Å². The fourth-order valence-electron chi connectivity index (χ4n) is 4.61. The lowest BCUT2D eigenvalue weighted by atomic mass is 9.94. The van der Waals surface area contributed by atoms with Gasteiger partial charge in [-0.2, -0.15) is 0 Å². The van der Waals surface area contributed by atoms with Crippen molar-refractivity contribution in [2.45, 2.75) is 101 Å². The number of rotatable bonds is 4. The summed E-state index contributed by atoms with van der Waals surface area (Å²) in [5.41, 5.74) is 9.13. The number of nitrogens with zero attached hydrogens (tertiary/aromatic N) is 3. The van der Waals surface area contributed by atoms with Gasteiger partial charge in [0.2, 0.25) is 0 Å². The van der Waals surface area contributed by atoms with Crippen LogP contribution in [0.2, 0.25) is 0 Å². The molecule has 0 radical (unpaired) electrons. The summed E-state index contributed by atoms with van der Waals surface area (Å²) in [5.74, 6) is -1.66. The maximum Gasteiger partial charge on any atom is 0.306 e. The fraction of sp³-hybridized carbons (Fsp3) is 0.944. The summed E-state index contributed by atoms with van der Waals surface area (Å²) in [6.07, 6.45) is 3.80. The van der Waals surface area contributed by atoms with Gasteiger partial charge in [0.05, 0.1) is 6.61 Å². The quantitative estimate of drug-likeness (QED) is 0.320. The van der Waals surface area contributed by atoms with Crippen molar-refractivity contribution >= 4 is 5.97 Å². The first kappa shape index (κ1) is 19.0. The van der Waals surface area contributed by atoms with Gasteiger partial charge in [0.1, 0.15) is 30.5 Å². The Morgan fingerprint density at radius 2 is 1.96 bits per heavy atom. The second kappa shape index (κ2) is 7.22. The van der Waals surface area contributed by atoms with E-state index in [0.29, 0.717) is 19.4 Å². The summed E-state index contributed by atoms with van der Waals surface area (Å²) in [5, 5.41) is 3.96. The van der Waals surface area contributed by atoms with Crippen LogP contribution in [0.25, 0.3) is 10.4 Å². The van der Waals surface area contributed by atoms with Gasteiger partial charge in [0, 0.05) is 24.2 Å². The van der Waals surface area contributed by atoms with Crippen LogP contribution in [0.1, 0.15) is 58.8 Å². The van der Waals surface area contributed by atoms with Crippen molar-refractivity contribution in [2.24, 2.45) is 5.11 Å². The molecule has 4 aliphatic rings. The third kappa shape index (κ3) is 3.79. The maximum absolute atomic E-state index is 11.6. The average molecular weight is 381 g/mol. The lowest BCUT2D eigenvalue weighted by Crippen LogP contribution is -2.47. The number of carbonyl (C=O) groups is 1. The van der Waals surface area contributed by atoms with Gasteiger partial charge < -0.3 is 23.7 Å². The molecule has 1 spiro atoms. The predicted molar refractivity (Wildman–Crippen MR) is 92.5 cm³/mol. The first-order chi connectivity index (χ1) is 12.9. The molecule has 0 amide bonds. The Balaban J connectivity index is 1.61. The van der Waals surface area contributed by atoms with E-state index >= 15 is 0 Å². The molecule has 1 saturated carbocycles. The van der Waals surface area contributed by atoms with E-state index in [1.165, 1.54) is 0 Å². The molecule has 3 saturated heterocycles. The molecule has 4 rings (SSSR count). The van der Waals surface area contributed by atoms with Crippen LogP contribution in [0.4, 0.5) is 0 Å². The number of azide groups is 1. The van der Waals surface area contributed by atoms with E-state index in [2.05, 4.69) is 10.0 Å². The zero-order valence-electron chi connectivity index (χ0n) is 15.8. The molecule has 0 bridgehead atoms. The van der Waals surface area contributed by atoms with Crippen molar-refractivity contribution in [3.8, 4) is 0 Å². The molecule has 0 aromatic heterocycles. The largest absolute Gasteiger partial charge is 0.462 e. The van der Waals surface area contributed by atoms with Crippen molar-refractivity contribution in [3.05, 3.63) is 10.4 Å². The van der Waals surface area contributed by atoms with E-state index in [0.717, 1.165) is 32.1 Å². The standard InChI is InChI=1S/C18H27N3O6/c1-17(2)23-10-12(25-17)15-16(27-18(26-15)8-4-3-5-9-18)14(20-21-19)11-6-7-13(22)24-11/h11-12,14-16H,3-10H2,1-2H3. The molecule has 5 unspecified atom stereocenters. The van der Waals surface area contributed by atoms with Gasteiger partial charge in [-0.3, -0.25) is 4.79 Å². The molecule has 150 valence electrons. The topological polar surface area (TPSA) is 112 Å². The van der Waals surface area contributed by atoms with Crippen molar-refractivity contribution in [3.63, 3.8) is 0 Å². The minimum absolute atomic E-state index is 0.275. The second-order valence-corrected chi connectivity index (χ2v) is 8.27. The molecule has 9 nitrogen and oxygen atoms in total. The lowest BCUT2D eigenvalue weighted by Gasteiger charge is -2.32. The summed E-state index contributed by atoms with van der Waals surface area (Å²) < 4.78 is 30.0. The highest BCUT2D eigenvalue weighted by Gasteiger charge is 2.57. The van der Waals surface area contributed by atoms with E-state index in [1.807, 2.05) is 13.8 Å². The van der Waals surface area contributed by atoms with Crippen LogP contribution >= 0.6 is 0 Å². The highest BCUT2D eigenvalue weighted by Crippen LogP contribution is 2.45. The molecule has 0 aromatic carbocycles. The van der Waals surface area contributed by atoms with Crippen LogP contribution in [-0.4, -0.2) is 54.6 Å². The zero-order chi connectivity index (χ0) is 19.1. The number of hydrogen-bond donors (Lipinski definition) is 0. The van der Waals surface area contributed by atoms with Gasteiger partial charge in [-0.05, 0) is 38.6 Å². The van der Waals surface area contributed by atoms with Gasteiger partial charge in [-0.1, -0.05) is 11.5 Å². The third-order valence-electron chi connectivity index (χ3n) is 5.86. The van der Waals surface area contributed by atoms with Crippen molar-refractivity contribution in [2.75, 3.05) is 6.61 Å². The van der Waals surface area contributed by atoms with Gasteiger partial charge >= 0.3 is 5.97 Å². The Kier molecular flexibility index (Phi) is 5.07. The fourth-order valence-corrected chi connectivity index (χ4v) is 4.61. The van der Waals surface area contributed by atoms with Crippen LogP contribution in [0.3, 0.4) is 0 Å². The monoisotopic (exact) mass is 381 g/mol. The van der Waals surface area contributed by atoms with E-state index in [4.69, 9.17) is 29.2 Å². The van der Waals surface area contributed by atoms with Gasteiger partial charge in [-0.15, -0.1) is 0 Å². The van der Waals surface area contributed by atoms with E-state index < -0.39 is 35.9 Å². The van der Waals surface area contributed by atoms with Gasteiger partial charge in [0.25, 0.3) is 0 Å². The van der Waals surface area contributed by atoms with Crippen LogP contribution in [0.15, 0.2) is 5.11 Å². The molecule has 1 aliphatic carbocycles. The van der Waals surface area contributed by atoms with Crippen molar-refractivity contribution < 1.29 is 28.5 Å². The number of carbonyl (C=O) groups excluding carboxylic acids is 1. The van der Waals surface area contributed by atoms with Crippen molar-refractivity contribution in [1.29, 1.82) is 0 Å². The normalized spacial score (nSPS) is 38.5. The Bertz CT molecular complexity index is 629. The molecule has 3 aliphatic heterocycles. The maximum atomic E-state index is 11.6. The Morgan fingerprint density at radius 3 is 2.56 bits per heavy atom. The molecule has 0 aromatic rings. The molecular formula is C18H27N3O6. The summed E-state index contributed by atoms with van der Waals surface area (Å²) in [4.78, 5) is 14.6.